The highest BCUT2D eigenvalue weighted by molar-refractivity contribution is 5.79. The van der Waals surface area contributed by atoms with E-state index in [0.717, 1.165) is 18.4 Å². The highest BCUT2D eigenvalue weighted by Crippen LogP contribution is 2.32. The molecule has 0 saturated carbocycles. The summed E-state index contributed by atoms with van der Waals surface area (Å²) in [5, 5.41) is 3.14. The largest absolute Gasteiger partial charge is 0.493 e. The van der Waals surface area contributed by atoms with E-state index in [1.54, 1.807) is 14.2 Å². The van der Waals surface area contributed by atoms with E-state index in [9.17, 15) is 4.79 Å². The summed E-state index contributed by atoms with van der Waals surface area (Å²) in [5.41, 5.74) is 0.500. The number of nitrogens with one attached hydrogen (secondary N) is 1. The van der Waals surface area contributed by atoms with Gasteiger partial charge in [0.25, 0.3) is 0 Å². The van der Waals surface area contributed by atoms with Crippen LogP contribution in [0, 0.1) is 5.92 Å². The van der Waals surface area contributed by atoms with E-state index < -0.39 is 5.54 Å². The lowest BCUT2D eigenvalue weighted by atomic mass is 9.91. The highest BCUT2D eigenvalue weighted by atomic mass is 16.5. The van der Waals surface area contributed by atoms with Crippen LogP contribution in [0.15, 0.2) is 18.2 Å². The predicted molar refractivity (Wildman–Crippen MR) is 84.3 cm³/mol. The molecule has 5 heteroatoms. The van der Waals surface area contributed by atoms with E-state index in [-0.39, 0.29) is 11.8 Å². The van der Waals surface area contributed by atoms with Gasteiger partial charge in [-0.2, -0.15) is 0 Å². The molecular weight excluding hydrogens is 282 g/mol. The number of rotatable bonds is 5. The number of methoxy groups -OCH3 is 2. The number of carbonyl (C=O) groups excluding carboxylic acids is 1. The zero-order valence-electron chi connectivity index (χ0n) is 13.8. The van der Waals surface area contributed by atoms with Gasteiger partial charge in [0.15, 0.2) is 11.5 Å². The summed E-state index contributed by atoms with van der Waals surface area (Å²) < 4.78 is 15.9. The maximum absolute atomic E-state index is 12.4. The van der Waals surface area contributed by atoms with E-state index in [4.69, 9.17) is 14.2 Å². The van der Waals surface area contributed by atoms with Crippen molar-refractivity contribution in [2.24, 2.45) is 5.92 Å². The molecular formula is C17H25NO4. The Kier molecular flexibility index (Phi) is 5.29. The second-order valence-electron chi connectivity index (χ2n) is 6.07. The summed E-state index contributed by atoms with van der Waals surface area (Å²) in [4.78, 5) is 12.4. The third-order valence-corrected chi connectivity index (χ3v) is 4.13. The number of carbonyl (C=O) groups is 1. The monoisotopic (exact) mass is 307 g/mol. The fraction of sp³-hybridized carbons (Fsp3) is 0.588. The zero-order valence-corrected chi connectivity index (χ0v) is 13.8. The Hall–Kier alpha value is -1.75. The summed E-state index contributed by atoms with van der Waals surface area (Å²) in [7, 11) is 3.21. The van der Waals surface area contributed by atoms with Crippen molar-refractivity contribution in [1.29, 1.82) is 0 Å². The van der Waals surface area contributed by atoms with Crippen LogP contribution in [0.25, 0.3) is 0 Å². The summed E-state index contributed by atoms with van der Waals surface area (Å²) in [5.74, 6) is 1.46. The van der Waals surface area contributed by atoms with Crippen LogP contribution in [0.1, 0.15) is 32.3 Å². The van der Waals surface area contributed by atoms with Crippen LogP contribution in [0.4, 0.5) is 0 Å². The fourth-order valence-corrected chi connectivity index (χ4v) is 2.67. The molecule has 2 rings (SSSR count). The van der Waals surface area contributed by atoms with Crippen molar-refractivity contribution in [3.05, 3.63) is 23.8 Å². The SMILES string of the molecule is COc1ccc(C(C)(C)NC(=O)C2CCOCC2)cc1OC. The molecule has 0 radical (unpaired) electrons. The Morgan fingerprint density at radius 2 is 1.82 bits per heavy atom. The first-order valence-electron chi connectivity index (χ1n) is 7.60. The third-order valence-electron chi connectivity index (χ3n) is 4.13. The first kappa shape index (κ1) is 16.6. The lowest BCUT2D eigenvalue weighted by Gasteiger charge is -2.31. The summed E-state index contributed by atoms with van der Waals surface area (Å²) in [6.07, 6.45) is 1.57. The second kappa shape index (κ2) is 7.01. The van der Waals surface area contributed by atoms with Gasteiger partial charge < -0.3 is 19.5 Å². The van der Waals surface area contributed by atoms with Gasteiger partial charge in [0.1, 0.15) is 0 Å². The normalized spacial score (nSPS) is 16.2. The Morgan fingerprint density at radius 3 is 2.41 bits per heavy atom. The van der Waals surface area contributed by atoms with Crippen molar-refractivity contribution in [3.63, 3.8) is 0 Å². The van der Waals surface area contributed by atoms with Gasteiger partial charge in [-0.15, -0.1) is 0 Å². The highest BCUT2D eigenvalue weighted by Gasteiger charge is 2.29. The number of benzene rings is 1. The van der Waals surface area contributed by atoms with Gasteiger partial charge >= 0.3 is 0 Å². The summed E-state index contributed by atoms with van der Waals surface area (Å²) in [6.45, 7) is 5.31. The first-order valence-corrected chi connectivity index (χ1v) is 7.60. The Morgan fingerprint density at radius 1 is 1.18 bits per heavy atom. The molecule has 1 aliphatic rings. The molecule has 0 aromatic heterocycles. The molecule has 0 unspecified atom stereocenters. The smallest absolute Gasteiger partial charge is 0.223 e. The molecule has 22 heavy (non-hydrogen) atoms. The van der Waals surface area contributed by atoms with Gasteiger partial charge in [-0.3, -0.25) is 4.79 Å². The van der Waals surface area contributed by atoms with E-state index in [1.807, 2.05) is 32.0 Å². The maximum Gasteiger partial charge on any atom is 0.223 e. The zero-order chi connectivity index (χ0) is 16.2. The average molecular weight is 307 g/mol. The molecule has 1 heterocycles. The molecule has 0 aliphatic carbocycles. The van der Waals surface area contributed by atoms with Gasteiger partial charge in [0.2, 0.25) is 5.91 Å². The van der Waals surface area contributed by atoms with E-state index in [2.05, 4.69) is 5.32 Å². The van der Waals surface area contributed by atoms with Crippen molar-refractivity contribution in [1.82, 2.24) is 5.32 Å². The topological polar surface area (TPSA) is 56.8 Å². The minimum atomic E-state index is -0.477. The molecule has 1 aliphatic heterocycles. The molecule has 0 atom stereocenters. The van der Waals surface area contributed by atoms with Crippen molar-refractivity contribution in [2.45, 2.75) is 32.2 Å². The molecule has 0 spiro atoms. The Labute approximate surface area is 131 Å². The van der Waals surface area contributed by atoms with Crippen LogP contribution in [0.2, 0.25) is 0 Å². The van der Waals surface area contributed by atoms with Crippen molar-refractivity contribution < 1.29 is 19.0 Å². The average Bonchev–Trinajstić information content (AvgIpc) is 2.54. The Balaban J connectivity index is 2.13. The van der Waals surface area contributed by atoms with Gasteiger partial charge in [-0.05, 0) is 44.4 Å². The molecule has 1 saturated heterocycles. The lowest BCUT2D eigenvalue weighted by molar-refractivity contribution is -0.129. The first-order chi connectivity index (χ1) is 10.5. The summed E-state index contributed by atoms with van der Waals surface area (Å²) in [6, 6.07) is 5.71. The molecule has 1 aromatic carbocycles. The lowest BCUT2D eigenvalue weighted by Crippen LogP contribution is -2.45. The van der Waals surface area contributed by atoms with Gasteiger partial charge in [-0.1, -0.05) is 6.07 Å². The maximum atomic E-state index is 12.4. The van der Waals surface area contributed by atoms with Crippen LogP contribution in [-0.2, 0) is 15.1 Å². The Bertz CT molecular complexity index is 521. The molecule has 1 fully saturated rings. The van der Waals surface area contributed by atoms with E-state index in [0.29, 0.717) is 24.7 Å². The van der Waals surface area contributed by atoms with Crippen LogP contribution in [0.5, 0.6) is 11.5 Å². The van der Waals surface area contributed by atoms with Crippen molar-refractivity contribution in [3.8, 4) is 11.5 Å². The number of ether oxygens (including phenoxy) is 3. The standard InChI is InChI=1S/C17H25NO4/c1-17(2,18-16(19)12-7-9-22-10-8-12)13-5-6-14(20-3)15(11-13)21-4/h5-6,11-12H,7-10H2,1-4H3,(H,18,19). The summed E-state index contributed by atoms with van der Waals surface area (Å²) >= 11 is 0. The number of hydrogen-bond donors (Lipinski definition) is 1. The molecule has 1 amide bonds. The van der Waals surface area contributed by atoms with Crippen LogP contribution in [-0.4, -0.2) is 33.3 Å². The number of amides is 1. The van der Waals surface area contributed by atoms with Crippen LogP contribution < -0.4 is 14.8 Å². The van der Waals surface area contributed by atoms with Crippen molar-refractivity contribution in [2.75, 3.05) is 27.4 Å². The number of hydrogen-bond acceptors (Lipinski definition) is 4. The molecule has 5 nitrogen and oxygen atoms in total. The molecule has 0 bridgehead atoms. The minimum Gasteiger partial charge on any atom is -0.493 e. The second-order valence-corrected chi connectivity index (χ2v) is 6.07. The minimum absolute atomic E-state index is 0.0353. The van der Waals surface area contributed by atoms with Gasteiger partial charge in [0, 0.05) is 19.1 Å². The molecule has 122 valence electrons. The van der Waals surface area contributed by atoms with Gasteiger partial charge in [0.05, 0.1) is 19.8 Å². The third kappa shape index (κ3) is 3.71. The van der Waals surface area contributed by atoms with Crippen molar-refractivity contribution >= 4 is 5.91 Å². The van der Waals surface area contributed by atoms with Crippen LogP contribution in [0.3, 0.4) is 0 Å². The fourth-order valence-electron chi connectivity index (χ4n) is 2.67. The quantitative estimate of drug-likeness (QED) is 0.908. The van der Waals surface area contributed by atoms with Gasteiger partial charge in [-0.25, -0.2) is 0 Å². The predicted octanol–water partition coefficient (Wildman–Crippen LogP) is 2.48. The van der Waals surface area contributed by atoms with Crippen LogP contribution >= 0.6 is 0 Å². The molecule has 1 N–H and O–H groups in total. The van der Waals surface area contributed by atoms with E-state index >= 15 is 0 Å². The molecule has 1 aromatic rings. The van der Waals surface area contributed by atoms with E-state index in [1.165, 1.54) is 0 Å².